The molecule has 12 nitrogen and oxygen atoms in total. The molecule has 1 N–H and O–H groups in total. The van der Waals surface area contributed by atoms with Crippen LogP contribution in [0.2, 0.25) is 0 Å². The highest BCUT2D eigenvalue weighted by Gasteiger charge is 2.25. The molecule has 0 spiro atoms. The van der Waals surface area contributed by atoms with Crippen molar-refractivity contribution in [1.82, 2.24) is 24.0 Å². The summed E-state index contributed by atoms with van der Waals surface area (Å²) in [6.45, 7) is 9.69. The lowest BCUT2D eigenvalue weighted by molar-refractivity contribution is 0.0526. The van der Waals surface area contributed by atoms with E-state index in [0.29, 0.717) is 31.5 Å². The Morgan fingerprint density at radius 2 is 1.73 bits per heavy atom. The summed E-state index contributed by atoms with van der Waals surface area (Å²) in [5.74, 6) is 2.98. The molecule has 0 aliphatic rings. The van der Waals surface area contributed by atoms with E-state index in [4.69, 9.17) is 25.2 Å². The molecular formula is C31H43BrN5O7P. The number of ether oxygens (including phenoxy) is 1. The number of terminal acetylenes is 1. The molecule has 0 unspecified atom stereocenters. The van der Waals surface area contributed by atoms with Gasteiger partial charge in [0.05, 0.1) is 25.9 Å². The van der Waals surface area contributed by atoms with E-state index >= 15 is 0 Å². The molecule has 0 saturated heterocycles. The Kier molecular flexibility index (Phi) is 13.2. The molecule has 3 aromatic rings. The SMILES string of the molecule is C#CCn1c(=O)c2c(nc(CCc3ccccc3Br)n2CCNC(=O)OC(C)(C)C)n(CCCCP(=O)(OCC)OCC)c1=O. The van der Waals surface area contributed by atoms with Crippen LogP contribution in [0, 0.1) is 12.3 Å². The van der Waals surface area contributed by atoms with E-state index in [0.717, 1.165) is 14.6 Å². The molecule has 14 heteroatoms. The van der Waals surface area contributed by atoms with Gasteiger partial charge < -0.3 is 23.7 Å². The minimum Gasteiger partial charge on any atom is -0.444 e. The third kappa shape index (κ3) is 9.91. The van der Waals surface area contributed by atoms with E-state index in [-0.39, 0.29) is 56.7 Å². The number of benzene rings is 1. The van der Waals surface area contributed by atoms with Crippen molar-refractivity contribution in [2.24, 2.45) is 0 Å². The molecule has 2 heterocycles. The summed E-state index contributed by atoms with van der Waals surface area (Å²) in [7, 11) is -3.25. The van der Waals surface area contributed by atoms with Gasteiger partial charge in [-0.2, -0.15) is 0 Å². The van der Waals surface area contributed by atoms with Crippen molar-refractivity contribution in [1.29, 1.82) is 0 Å². The van der Waals surface area contributed by atoms with Crippen LogP contribution in [0.3, 0.4) is 0 Å². The smallest absolute Gasteiger partial charge is 0.407 e. The molecule has 3 rings (SSSR count). The Bertz CT molecular complexity index is 1670. The molecule has 0 atom stereocenters. The zero-order valence-corrected chi connectivity index (χ0v) is 29.1. The van der Waals surface area contributed by atoms with Crippen LogP contribution >= 0.6 is 23.5 Å². The van der Waals surface area contributed by atoms with Crippen LogP contribution in [0.15, 0.2) is 38.3 Å². The molecule has 1 aromatic carbocycles. The molecule has 45 heavy (non-hydrogen) atoms. The number of aromatic nitrogens is 4. The van der Waals surface area contributed by atoms with Gasteiger partial charge in [-0.1, -0.05) is 40.0 Å². The number of fused-ring (bicyclic) bond motifs is 1. The molecule has 1 amide bonds. The Labute approximate surface area is 272 Å². The zero-order valence-electron chi connectivity index (χ0n) is 26.6. The fraction of sp³-hybridized carbons (Fsp3) is 0.548. The van der Waals surface area contributed by atoms with Crippen LogP contribution in [-0.4, -0.2) is 56.3 Å². The second-order valence-electron chi connectivity index (χ2n) is 11.3. The number of alkyl carbamates (subject to hydrolysis) is 1. The molecule has 0 aliphatic carbocycles. The van der Waals surface area contributed by atoms with Gasteiger partial charge in [-0.15, -0.1) is 6.42 Å². The number of aryl methyl sites for hydroxylation is 3. The quantitative estimate of drug-likeness (QED) is 0.123. The number of halogens is 1. The van der Waals surface area contributed by atoms with Crippen molar-refractivity contribution < 1.29 is 23.1 Å². The van der Waals surface area contributed by atoms with Gasteiger partial charge in [-0.05, 0) is 65.5 Å². The Balaban J connectivity index is 2.02. The summed E-state index contributed by atoms with van der Waals surface area (Å²) in [5, 5.41) is 2.74. The number of rotatable bonds is 16. The fourth-order valence-electron chi connectivity index (χ4n) is 4.87. The third-order valence-electron chi connectivity index (χ3n) is 6.74. The third-order valence-corrected chi connectivity index (χ3v) is 9.68. The summed E-state index contributed by atoms with van der Waals surface area (Å²) in [6.07, 6.45) is 7.13. The summed E-state index contributed by atoms with van der Waals surface area (Å²) in [4.78, 5) is 44.5. The molecule has 2 aromatic heterocycles. The summed E-state index contributed by atoms with van der Waals surface area (Å²) >= 11 is 3.59. The standard InChI is InChI=1S/C31H43BrN5O7P/c1-7-19-37-28(38)26-27(36(30(37)40)20-12-13-22-45(41,42-8-2)43-9-3)34-25(17-16-23-14-10-11-15-24(23)32)35(26)21-18-33-29(39)44-31(4,5)6/h1,10-11,14-15H,8-9,12-13,16-22H2,2-6H3,(H,33,39). The number of hydrogen-bond donors (Lipinski definition) is 1. The highest BCUT2D eigenvalue weighted by molar-refractivity contribution is 9.10. The highest BCUT2D eigenvalue weighted by atomic mass is 79.9. The number of nitrogens with one attached hydrogen (secondary N) is 1. The molecule has 0 aliphatic heterocycles. The van der Waals surface area contributed by atoms with Crippen LogP contribution in [0.5, 0.6) is 0 Å². The van der Waals surface area contributed by atoms with Gasteiger partial charge in [0.1, 0.15) is 11.4 Å². The van der Waals surface area contributed by atoms with Crippen molar-refractivity contribution in [2.75, 3.05) is 25.9 Å². The predicted octanol–water partition coefficient (Wildman–Crippen LogP) is 5.11. The maximum absolute atomic E-state index is 13.7. The second-order valence-corrected chi connectivity index (χ2v) is 14.3. The molecular weight excluding hydrogens is 665 g/mol. The Morgan fingerprint density at radius 1 is 1.04 bits per heavy atom. The van der Waals surface area contributed by atoms with Crippen molar-refractivity contribution in [3.05, 3.63) is 61.0 Å². The van der Waals surface area contributed by atoms with Crippen molar-refractivity contribution in [2.45, 2.75) is 85.5 Å². The van der Waals surface area contributed by atoms with Gasteiger partial charge in [-0.3, -0.25) is 13.9 Å². The number of unbranched alkanes of at least 4 members (excludes halogenated alkanes) is 1. The van der Waals surface area contributed by atoms with Crippen LogP contribution in [0.1, 0.15) is 58.8 Å². The summed E-state index contributed by atoms with van der Waals surface area (Å²) < 4.78 is 34.2. The first-order valence-corrected chi connectivity index (χ1v) is 17.6. The van der Waals surface area contributed by atoms with Crippen LogP contribution in [0.4, 0.5) is 4.79 Å². The van der Waals surface area contributed by atoms with Gasteiger partial charge in [0.2, 0.25) is 0 Å². The molecule has 0 saturated carbocycles. The van der Waals surface area contributed by atoms with Gasteiger partial charge in [-0.25, -0.2) is 19.1 Å². The number of nitrogens with zero attached hydrogens (tertiary/aromatic N) is 4. The van der Waals surface area contributed by atoms with Crippen molar-refractivity contribution >= 4 is 40.8 Å². The molecule has 246 valence electrons. The topological polar surface area (TPSA) is 136 Å². The van der Waals surface area contributed by atoms with Crippen LogP contribution < -0.4 is 16.6 Å². The molecule has 0 radical (unpaired) electrons. The van der Waals surface area contributed by atoms with Gasteiger partial charge in [0.15, 0.2) is 11.2 Å². The Hall–Kier alpha value is -3.17. The maximum Gasteiger partial charge on any atom is 0.407 e. The lowest BCUT2D eigenvalue weighted by Gasteiger charge is -2.20. The van der Waals surface area contributed by atoms with E-state index in [1.54, 1.807) is 39.2 Å². The van der Waals surface area contributed by atoms with E-state index < -0.39 is 30.5 Å². The minimum atomic E-state index is -3.25. The predicted molar refractivity (Wildman–Crippen MR) is 178 cm³/mol. The number of carbonyl (C=O) groups excluding carboxylic acids is 1. The van der Waals surface area contributed by atoms with Gasteiger partial charge >= 0.3 is 19.4 Å². The monoisotopic (exact) mass is 707 g/mol. The minimum absolute atomic E-state index is 0.153. The van der Waals surface area contributed by atoms with Crippen molar-refractivity contribution in [3.8, 4) is 12.3 Å². The van der Waals surface area contributed by atoms with E-state index in [9.17, 15) is 18.9 Å². The Morgan fingerprint density at radius 3 is 2.36 bits per heavy atom. The lowest BCUT2D eigenvalue weighted by atomic mass is 10.1. The van der Waals surface area contributed by atoms with Gasteiger partial charge in [0.25, 0.3) is 5.56 Å². The first-order chi connectivity index (χ1) is 21.3. The number of amides is 1. The van der Waals surface area contributed by atoms with Crippen molar-refractivity contribution in [3.63, 3.8) is 0 Å². The normalized spacial score (nSPS) is 11.9. The lowest BCUT2D eigenvalue weighted by Crippen LogP contribution is -2.41. The van der Waals surface area contributed by atoms with E-state index in [2.05, 4.69) is 27.2 Å². The largest absolute Gasteiger partial charge is 0.444 e. The summed E-state index contributed by atoms with van der Waals surface area (Å²) in [5.41, 5.74) is -0.297. The average Bonchev–Trinajstić information content (AvgIpc) is 3.32. The number of carbonyl (C=O) groups is 1. The van der Waals surface area contributed by atoms with Crippen LogP contribution in [0.25, 0.3) is 11.2 Å². The first-order valence-electron chi connectivity index (χ1n) is 15.1. The first kappa shape index (κ1) is 36.3. The van der Waals surface area contributed by atoms with E-state index in [1.165, 1.54) is 4.57 Å². The average molecular weight is 709 g/mol. The van der Waals surface area contributed by atoms with Gasteiger partial charge in [0, 0.05) is 30.5 Å². The fourth-order valence-corrected chi connectivity index (χ4v) is 7.08. The highest BCUT2D eigenvalue weighted by Crippen LogP contribution is 2.48. The van der Waals surface area contributed by atoms with E-state index in [1.807, 2.05) is 24.3 Å². The second kappa shape index (κ2) is 16.4. The number of imidazole rings is 1. The maximum atomic E-state index is 13.7. The summed E-state index contributed by atoms with van der Waals surface area (Å²) in [6, 6.07) is 7.83. The van der Waals surface area contributed by atoms with Crippen LogP contribution in [-0.2, 0) is 50.8 Å². The molecule has 0 bridgehead atoms. The number of hydrogen-bond acceptors (Lipinski definition) is 8. The zero-order chi connectivity index (χ0) is 33.2. The molecule has 0 fully saturated rings.